The van der Waals surface area contributed by atoms with E-state index in [4.69, 9.17) is 9.47 Å². The maximum absolute atomic E-state index is 11.5. The van der Waals surface area contributed by atoms with Crippen molar-refractivity contribution in [3.63, 3.8) is 0 Å². The van der Waals surface area contributed by atoms with Crippen LogP contribution in [0.4, 0.5) is 0 Å². The van der Waals surface area contributed by atoms with E-state index >= 15 is 0 Å². The van der Waals surface area contributed by atoms with Crippen molar-refractivity contribution >= 4 is 36.2 Å². The Bertz CT molecular complexity index is 1090. The van der Waals surface area contributed by atoms with Crippen LogP contribution in [-0.4, -0.2) is 11.9 Å². The first-order chi connectivity index (χ1) is 15.6. The molecular formula is C28H22O4. The molecule has 0 aromatic heterocycles. The Balaban J connectivity index is 1.72. The summed E-state index contributed by atoms with van der Waals surface area (Å²) in [6.45, 7) is 6.84. The highest BCUT2D eigenvalue weighted by Gasteiger charge is 2.05. The fourth-order valence-electron chi connectivity index (χ4n) is 2.81. The molecule has 0 amide bonds. The van der Waals surface area contributed by atoms with E-state index in [1.807, 2.05) is 72.8 Å². The predicted molar refractivity (Wildman–Crippen MR) is 129 cm³/mol. The molecule has 0 heterocycles. The second-order valence-corrected chi connectivity index (χ2v) is 6.66. The molecule has 0 aliphatic heterocycles. The molecule has 32 heavy (non-hydrogen) atoms. The monoisotopic (exact) mass is 422 g/mol. The van der Waals surface area contributed by atoms with Gasteiger partial charge in [0.2, 0.25) is 0 Å². The number of carbonyl (C=O) groups excluding carboxylic acids is 2. The third kappa shape index (κ3) is 6.28. The Morgan fingerprint density at radius 2 is 0.938 bits per heavy atom. The lowest BCUT2D eigenvalue weighted by molar-refractivity contribution is -0.129. The second-order valence-electron chi connectivity index (χ2n) is 6.66. The molecule has 3 aromatic rings. The van der Waals surface area contributed by atoms with Gasteiger partial charge in [0.25, 0.3) is 0 Å². The van der Waals surface area contributed by atoms with Crippen LogP contribution in [0, 0.1) is 0 Å². The van der Waals surface area contributed by atoms with Crippen LogP contribution in [0.1, 0.15) is 22.3 Å². The van der Waals surface area contributed by atoms with Crippen LogP contribution in [0.5, 0.6) is 11.5 Å². The summed E-state index contributed by atoms with van der Waals surface area (Å²) in [5, 5.41) is 0. The van der Waals surface area contributed by atoms with Crippen molar-refractivity contribution in [3.8, 4) is 11.5 Å². The van der Waals surface area contributed by atoms with Gasteiger partial charge in [0.05, 0.1) is 0 Å². The van der Waals surface area contributed by atoms with E-state index in [0.29, 0.717) is 11.5 Å². The van der Waals surface area contributed by atoms with Crippen molar-refractivity contribution in [2.45, 2.75) is 0 Å². The third-order valence-corrected chi connectivity index (χ3v) is 4.44. The van der Waals surface area contributed by atoms with Crippen molar-refractivity contribution in [2.75, 3.05) is 0 Å². The Morgan fingerprint density at radius 3 is 1.31 bits per heavy atom. The van der Waals surface area contributed by atoms with Crippen LogP contribution in [0.25, 0.3) is 24.3 Å². The molecular weight excluding hydrogens is 400 g/mol. The Morgan fingerprint density at radius 1 is 0.562 bits per heavy atom. The first-order valence-corrected chi connectivity index (χ1v) is 9.92. The molecule has 0 N–H and O–H groups in total. The van der Waals surface area contributed by atoms with E-state index in [-0.39, 0.29) is 0 Å². The van der Waals surface area contributed by atoms with Crippen molar-refractivity contribution in [1.82, 2.24) is 0 Å². The van der Waals surface area contributed by atoms with Gasteiger partial charge in [-0.15, -0.1) is 0 Å². The average Bonchev–Trinajstić information content (AvgIpc) is 2.83. The Kier molecular flexibility index (Phi) is 7.71. The SMILES string of the molecule is C=CC(=O)Oc1ccccc1/C=C/c1ccc(/C=C/c2ccccc2OC(=O)C=C)cc1. The Labute approximate surface area is 187 Å². The van der Waals surface area contributed by atoms with Crippen LogP contribution in [0.15, 0.2) is 98.1 Å². The topological polar surface area (TPSA) is 52.6 Å². The minimum atomic E-state index is -0.497. The highest BCUT2D eigenvalue weighted by atomic mass is 16.5. The highest BCUT2D eigenvalue weighted by Crippen LogP contribution is 2.23. The molecule has 0 saturated carbocycles. The summed E-state index contributed by atoms with van der Waals surface area (Å²) in [7, 11) is 0. The summed E-state index contributed by atoms with van der Waals surface area (Å²) < 4.78 is 10.5. The first-order valence-electron chi connectivity index (χ1n) is 9.92. The van der Waals surface area contributed by atoms with Crippen molar-refractivity contribution < 1.29 is 19.1 Å². The van der Waals surface area contributed by atoms with Gasteiger partial charge in [-0.2, -0.15) is 0 Å². The summed E-state index contributed by atoms with van der Waals surface area (Å²) in [5.41, 5.74) is 3.56. The van der Waals surface area contributed by atoms with Gasteiger partial charge in [-0.3, -0.25) is 0 Å². The molecule has 4 heteroatoms. The molecule has 0 aliphatic carbocycles. The van der Waals surface area contributed by atoms with Gasteiger partial charge in [0.1, 0.15) is 11.5 Å². The molecule has 0 saturated heterocycles. The molecule has 0 atom stereocenters. The molecule has 0 bridgehead atoms. The van der Waals surface area contributed by atoms with Gasteiger partial charge in [0.15, 0.2) is 0 Å². The number of ether oxygens (including phenoxy) is 2. The summed E-state index contributed by atoms with van der Waals surface area (Å²) in [4.78, 5) is 23.0. The van der Waals surface area contributed by atoms with Gasteiger partial charge in [-0.25, -0.2) is 9.59 Å². The van der Waals surface area contributed by atoms with Gasteiger partial charge < -0.3 is 9.47 Å². The highest BCUT2D eigenvalue weighted by molar-refractivity contribution is 5.85. The first kappa shape index (κ1) is 22.2. The van der Waals surface area contributed by atoms with Crippen LogP contribution < -0.4 is 9.47 Å². The largest absolute Gasteiger partial charge is 0.423 e. The van der Waals surface area contributed by atoms with Crippen molar-refractivity contribution in [2.24, 2.45) is 0 Å². The smallest absolute Gasteiger partial charge is 0.335 e. The molecule has 0 unspecified atom stereocenters. The van der Waals surface area contributed by atoms with E-state index in [0.717, 1.165) is 34.4 Å². The van der Waals surface area contributed by atoms with Gasteiger partial charge in [-0.05, 0) is 23.3 Å². The predicted octanol–water partition coefficient (Wildman–Crippen LogP) is 6.21. The molecule has 0 aliphatic rings. The second kappa shape index (κ2) is 11.1. The molecule has 0 spiro atoms. The molecule has 0 fully saturated rings. The normalized spacial score (nSPS) is 10.8. The summed E-state index contributed by atoms with van der Waals surface area (Å²) in [6.07, 6.45) is 9.93. The molecule has 4 nitrogen and oxygen atoms in total. The van der Waals surface area contributed by atoms with Gasteiger partial charge >= 0.3 is 11.9 Å². The van der Waals surface area contributed by atoms with Crippen LogP contribution in [0.3, 0.4) is 0 Å². The summed E-state index contributed by atoms with van der Waals surface area (Å²) in [6, 6.07) is 22.5. The number of benzene rings is 3. The quantitative estimate of drug-likeness (QED) is 0.187. The molecule has 3 aromatic carbocycles. The van der Waals surface area contributed by atoms with Crippen LogP contribution in [-0.2, 0) is 9.59 Å². The lowest BCUT2D eigenvalue weighted by Crippen LogP contribution is -2.04. The number of carbonyl (C=O) groups is 2. The number of para-hydroxylation sites is 2. The lowest BCUT2D eigenvalue weighted by atomic mass is 10.1. The zero-order valence-corrected chi connectivity index (χ0v) is 17.4. The number of rotatable bonds is 8. The van der Waals surface area contributed by atoms with Gasteiger partial charge in [0, 0.05) is 23.3 Å². The van der Waals surface area contributed by atoms with E-state index in [1.54, 1.807) is 24.3 Å². The lowest BCUT2D eigenvalue weighted by Gasteiger charge is -2.05. The minimum absolute atomic E-state index is 0.476. The fraction of sp³-hybridized carbons (Fsp3) is 0. The van der Waals surface area contributed by atoms with E-state index in [1.165, 1.54) is 0 Å². The maximum atomic E-state index is 11.5. The van der Waals surface area contributed by atoms with E-state index < -0.39 is 11.9 Å². The zero-order valence-electron chi connectivity index (χ0n) is 17.4. The fourth-order valence-corrected chi connectivity index (χ4v) is 2.81. The Hall–Kier alpha value is -4.44. The minimum Gasteiger partial charge on any atom is -0.423 e. The summed E-state index contributed by atoms with van der Waals surface area (Å²) >= 11 is 0. The molecule has 0 radical (unpaired) electrons. The van der Waals surface area contributed by atoms with Gasteiger partial charge in [-0.1, -0.05) is 98.1 Å². The number of hydrogen-bond acceptors (Lipinski definition) is 4. The number of hydrogen-bond donors (Lipinski definition) is 0. The van der Waals surface area contributed by atoms with E-state index in [2.05, 4.69) is 13.2 Å². The standard InChI is InChI=1S/C28H22O4/c1-3-27(29)31-25-11-7-5-9-23(25)19-17-21-13-15-22(16-14-21)18-20-24-10-6-8-12-26(24)32-28(30)4-2/h3-20H,1-2H2/b19-17+,20-18+. The molecule has 3 rings (SSSR count). The zero-order chi connectivity index (χ0) is 22.8. The van der Waals surface area contributed by atoms with Crippen LogP contribution in [0.2, 0.25) is 0 Å². The summed E-state index contributed by atoms with van der Waals surface area (Å²) in [5.74, 6) is -0.0429. The van der Waals surface area contributed by atoms with Crippen molar-refractivity contribution in [3.05, 3.63) is 120 Å². The average molecular weight is 422 g/mol. The van der Waals surface area contributed by atoms with E-state index in [9.17, 15) is 9.59 Å². The van der Waals surface area contributed by atoms with Crippen molar-refractivity contribution in [1.29, 1.82) is 0 Å². The maximum Gasteiger partial charge on any atom is 0.335 e. The number of esters is 2. The molecule has 158 valence electrons. The van der Waals surface area contributed by atoms with Crippen LogP contribution >= 0.6 is 0 Å². The third-order valence-electron chi connectivity index (χ3n) is 4.44.